The Morgan fingerprint density at radius 1 is 1.50 bits per heavy atom. The molecule has 0 aliphatic carbocycles. The maximum absolute atomic E-state index is 12.7. The second-order valence-corrected chi connectivity index (χ2v) is 2.76. The van der Waals surface area contributed by atoms with Crippen LogP contribution in [-0.2, 0) is 6.54 Å². The van der Waals surface area contributed by atoms with Crippen molar-refractivity contribution in [3.8, 4) is 0 Å². The molecule has 0 aliphatic heterocycles. The van der Waals surface area contributed by atoms with E-state index in [1.165, 1.54) is 0 Å². The number of pyridine rings is 1. The second kappa shape index (κ2) is 4.00. The van der Waals surface area contributed by atoms with Gasteiger partial charge in [-0.05, 0) is 6.07 Å². The molecule has 6 heteroatoms. The van der Waals surface area contributed by atoms with Crippen LogP contribution < -0.4 is 5.48 Å². The zero-order valence-electron chi connectivity index (χ0n) is 5.81. The van der Waals surface area contributed by atoms with E-state index in [0.717, 1.165) is 6.07 Å². The fourth-order valence-corrected chi connectivity index (χ4v) is 1.08. The van der Waals surface area contributed by atoms with Crippen molar-refractivity contribution in [3.05, 3.63) is 27.8 Å². The highest BCUT2D eigenvalue weighted by atomic mass is 35.5. The summed E-state index contributed by atoms with van der Waals surface area (Å²) >= 11 is 10.9. The molecule has 0 radical (unpaired) electrons. The lowest BCUT2D eigenvalue weighted by molar-refractivity contribution is 0.161. The molecule has 0 bridgehead atoms. The summed E-state index contributed by atoms with van der Waals surface area (Å²) in [6.07, 6.45) is 0. The van der Waals surface area contributed by atoms with Crippen molar-refractivity contribution in [2.45, 2.75) is 6.54 Å². The molecule has 66 valence electrons. The van der Waals surface area contributed by atoms with Crippen LogP contribution in [-0.4, -0.2) is 10.2 Å². The Labute approximate surface area is 78.1 Å². The molecule has 0 atom stereocenters. The molecule has 3 nitrogen and oxygen atoms in total. The number of halogens is 3. The summed E-state index contributed by atoms with van der Waals surface area (Å²) in [7, 11) is 0. The first kappa shape index (κ1) is 9.67. The minimum absolute atomic E-state index is 0.0277. The lowest BCUT2D eigenvalue weighted by Crippen LogP contribution is -2.07. The lowest BCUT2D eigenvalue weighted by Gasteiger charge is -2.02. The highest BCUT2D eigenvalue weighted by Gasteiger charge is 2.07. The van der Waals surface area contributed by atoms with Gasteiger partial charge in [0, 0.05) is 12.1 Å². The Bertz CT molecular complexity index is 295. The first-order valence-electron chi connectivity index (χ1n) is 3.02. The van der Waals surface area contributed by atoms with Gasteiger partial charge in [0.1, 0.15) is 5.15 Å². The summed E-state index contributed by atoms with van der Waals surface area (Å²) in [6, 6.07) is 1.11. The molecule has 0 spiro atoms. The Hall–Kier alpha value is -0.420. The van der Waals surface area contributed by atoms with Gasteiger partial charge >= 0.3 is 0 Å². The van der Waals surface area contributed by atoms with Crippen LogP contribution in [0.4, 0.5) is 4.39 Å². The average Bonchev–Trinajstić information content (AvgIpc) is 2.01. The van der Waals surface area contributed by atoms with E-state index in [0.29, 0.717) is 5.56 Å². The highest BCUT2D eigenvalue weighted by Crippen LogP contribution is 2.19. The predicted molar refractivity (Wildman–Crippen MR) is 42.8 cm³/mol. The molecule has 0 aromatic carbocycles. The Balaban J connectivity index is 3.05. The van der Waals surface area contributed by atoms with Gasteiger partial charge in [0.15, 0.2) is 11.0 Å². The molecule has 0 fully saturated rings. The summed E-state index contributed by atoms with van der Waals surface area (Å²) in [6.45, 7) is 0.0277. The summed E-state index contributed by atoms with van der Waals surface area (Å²) in [5.74, 6) is -0.661. The van der Waals surface area contributed by atoms with Crippen LogP contribution >= 0.6 is 23.2 Å². The summed E-state index contributed by atoms with van der Waals surface area (Å²) in [4.78, 5) is 3.50. The minimum atomic E-state index is -0.661. The van der Waals surface area contributed by atoms with Crippen molar-refractivity contribution in [2.75, 3.05) is 0 Å². The normalized spacial score (nSPS) is 10.3. The van der Waals surface area contributed by atoms with Crippen LogP contribution in [0.5, 0.6) is 0 Å². The molecule has 0 saturated heterocycles. The average molecular weight is 211 g/mol. The van der Waals surface area contributed by atoms with Crippen LogP contribution in [0, 0.1) is 5.82 Å². The molecule has 1 aromatic heterocycles. The molecule has 1 rings (SSSR count). The molecule has 12 heavy (non-hydrogen) atoms. The number of aromatic nitrogens is 1. The standard InChI is InChI=1S/C6H5Cl2FN2O/c7-5-3(2-10-12)1-4(9)6(8)11-5/h1,10,12H,2H2. The van der Waals surface area contributed by atoms with Gasteiger partial charge in [-0.3, -0.25) is 0 Å². The van der Waals surface area contributed by atoms with E-state index in [4.69, 9.17) is 28.4 Å². The summed E-state index contributed by atoms with van der Waals surface area (Å²) in [5.41, 5.74) is 2.19. The largest absolute Gasteiger partial charge is 0.316 e. The third-order valence-corrected chi connectivity index (χ3v) is 1.82. The molecule has 1 heterocycles. The molecule has 1 aromatic rings. The van der Waals surface area contributed by atoms with E-state index in [1.54, 1.807) is 0 Å². The minimum Gasteiger partial charge on any atom is -0.316 e. The highest BCUT2D eigenvalue weighted by molar-refractivity contribution is 6.32. The van der Waals surface area contributed by atoms with Gasteiger partial charge in [0.05, 0.1) is 0 Å². The van der Waals surface area contributed by atoms with E-state index in [1.807, 2.05) is 5.48 Å². The van der Waals surface area contributed by atoms with Crippen LogP contribution in [0.2, 0.25) is 10.3 Å². The van der Waals surface area contributed by atoms with Crippen molar-refractivity contribution in [1.29, 1.82) is 0 Å². The van der Waals surface area contributed by atoms with Crippen LogP contribution in [0.25, 0.3) is 0 Å². The van der Waals surface area contributed by atoms with E-state index < -0.39 is 5.82 Å². The summed E-state index contributed by atoms with van der Waals surface area (Å²) in [5, 5.41) is 8.11. The topological polar surface area (TPSA) is 45.1 Å². The van der Waals surface area contributed by atoms with Gasteiger partial charge in [-0.15, -0.1) is 0 Å². The number of nitrogens with zero attached hydrogens (tertiary/aromatic N) is 1. The molecule has 2 N–H and O–H groups in total. The van der Waals surface area contributed by atoms with E-state index in [9.17, 15) is 4.39 Å². The number of hydrogen-bond donors (Lipinski definition) is 2. The first-order chi connectivity index (χ1) is 5.65. The van der Waals surface area contributed by atoms with Crippen LogP contribution in [0.15, 0.2) is 6.07 Å². The van der Waals surface area contributed by atoms with Gasteiger partial charge in [-0.2, -0.15) is 0 Å². The lowest BCUT2D eigenvalue weighted by atomic mass is 10.3. The zero-order valence-corrected chi connectivity index (χ0v) is 7.32. The Kier molecular flexibility index (Phi) is 3.22. The van der Waals surface area contributed by atoms with E-state index >= 15 is 0 Å². The first-order valence-corrected chi connectivity index (χ1v) is 3.78. The van der Waals surface area contributed by atoms with Crippen LogP contribution in [0.3, 0.4) is 0 Å². The molecular formula is C6H5Cl2FN2O. The third kappa shape index (κ3) is 2.04. The van der Waals surface area contributed by atoms with Crippen LogP contribution in [0.1, 0.15) is 5.56 Å². The van der Waals surface area contributed by atoms with Gasteiger partial charge < -0.3 is 5.21 Å². The smallest absolute Gasteiger partial charge is 0.166 e. The molecule has 0 amide bonds. The third-order valence-electron chi connectivity index (χ3n) is 1.23. The molecule has 0 unspecified atom stereocenters. The number of hydrogen-bond acceptors (Lipinski definition) is 3. The maximum Gasteiger partial charge on any atom is 0.166 e. The van der Waals surface area contributed by atoms with Crippen molar-refractivity contribution < 1.29 is 9.60 Å². The number of rotatable bonds is 2. The van der Waals surface area contributed by atoms with E-state index in [2.05, 4.69) is 4.98 Å². The number of hydroxylamine groups is 1. The maximum atomic E-state index is 12.7. The molecule has 0 saturated carbocycles. The monoisotopic (exact) mass is 210 g/mol. The van der Waals surface area contributed by atoms with Crippen molar-refractivity contribution in [2.24, 2.45) is 0 Å². The van der Waals surface area contributed by atoms with E-state index in [-0.39, 0.29) is 16.9 Å². The van der Waals surface area contributed by atoms with Crippen molar-refractivity contribution >= 4 is 23.2 Å². The Morgan fingerprint density at radius 2 is 2.17 bits per heavy atom. The zero-order chi connectivity index (χ0) is 9.14. The quantitative estimate of drug-likeness (QED) is 0.580. The fraction of sp³-hybridized carbons (Fsp3) is 0.167. The van der Waals surface area contributed by atoms with Gasteiger partial charge in [0.25, 0.3) is 0 Å². The number of nitrogens with one attached hydrogen (secondary N) is 1. The van der Waals surface area contributed by atoms with Crippen molar-refractivity contribution in [3.63, 3.8) is 0 Å². The SMILES string of the molecule is ONCc1cc(F)c(Cl)nc1Cl. The van der Waals surface area contributed by atoms with Gasteiger partial charge in [0.2, 0.25) is 0 Å². The molecule has 0 aliphatic rings. The fourth-order valence-electron chi connectivity index (χ4n) is 0.693. The second-order valence-electron chi connectivity index (χ2n) is 2.05. The predicted octanol–water partition coefficient (Wildman–Crippen LogP) is 2.01. The molecular weight excluding hydrogens is 206 g/mol. The van der Waals surface area contributed by atoms with Crippen molar-refractivity contribution in [1.82, 2.24) is 10.5 Å². The van der Waals surface area contributed by atoms with Gasteiger partial charge in [-0.25, -0.2) is 14.9 Å². The van der Waals surface area contributed by atoms with Gasteiger partial charge in [-0.1, -0.05) is 23.2 Å². The summed E-state index contributed by atoms with van der Waals surface area (Å²) < 4.78 is 12.7. The Morgan fingerprint density at radius 3 is 2.75 bits per heavy atom.